The number of nitrogens with zero attached hydrogens (tertiary/aromatic N) is 2. The lowest BCUT2D eigenvalue weighted by atomic mass is 10.2. The van der Waals surface area contributed by atoms with Crippen LogP contribution in [0.15, 0.2) is 12.1 Å². The van der Waals surface area contributed by atoms with Gasteiger partial charge in [-0.3, -0.25) is 4.79 Å². The molecule has 0 saturated heterocycles. The zero-order valence-corrected chi connectivity index (χ0v) is 13.2. The maximum Gasteiger partial charge on any atom is 0.242 e. The summed E-state index contributed by atoms with van der Waals surface area (Å²) in [6.07, 6.45) is 0.894. The third-order valence-corrected chi connectivity index (χ3v) is 3.99. The number of carbonyl (C=O) groups is 1. The highest BCUT2D eigenvalue weighted by molar-refractivity contribution is 7.00. The molecule has 2 N–H and O–H groups in total. The van der Waals surface area contributed by atoms with Crippen molar-refractivity contribution in [1.29, 1.82) is 0 Å². The summed E-state index contributed by atoms with van der Waals surface area (Å²) in [6, 6.07) is 3.33. The molecule has 0 aliphatic carbocycles. The number of aromatic nitrogens is 2. The zero-order chi connectivity index (χ0) is 14.7. The third-order valence-electron chi connectivity index (χ3n) is 3.13. The van der Waals surface area contributed by atoms with Crippen LogP contribution in [-0.4, -0.2) is 26.7 Å². The van der Waals surface area contributed by atoms with Crippen LogP contribution in [0.1, 0.15) is 27.2 Å². The smallest absolute Gasteiger partial charge is 0.242 e. The van der Waals surface area contributed by atoms with E-state index in [9.17, 15) is 4.79 Å². The molecule has 0 saturated carbocycles. The van der Waals surface area contributed by atoms with Crippen LogP contribution in [-0.2, 0) is 4.79 Å². The Hall–Kier alpha value is -1.40. The summed E-state index contributed by atoms with van der Waals surface area (Å²) in [6.45, 7) is 5.80. The van der Waals surface area contributed by atoms with E-state index in [-0.39, 0.29) is 11.9 Å². The summed E-state index contributed by atoms with van der Waals surface area (Å²) in [5.74, 6) is -0.0596. The highest BCUT2D eigenvalue weighted by Gasteiger charge is 2.18. The summed E-state index contributed by atoms with van der Waals surface area (Å²) in [7, 11) is 0. The molecule has 0 bridgehead atoms. The first-order valence-electron chi connectivity index (χ1n) is 6.50. The van der Waals surface area contributed by atoms with Gasteiger partial charge < -0.3 is 10.6 Å². The van der Waals surface area contributed by atoms with E-state index in [1.807, 2.05) is 19.9 Å². The van der Waals surface area contributed by atoms with Gasteiger partial charge in [0, 0.05) is 6.04 Å². The summed E-state index contributed by atoms with van der Waals surface area (Å²) in [5, 5.41) is 6.60. The number of benzene rings is 1. The minimum Gasteiger partial charge on any atom is -0.371 e. The van der Waals surface area contributed by atoms with Gasteiger partial charge in [0.15, 0.2) is 0 Å². The lowest BCUT2D eigenvalue weighted by molar-refractivity contribution is -0.122. The SMILES string of the molecule is CCC(C)NC(=O)C(C)Nc1c(Cl)ccc2nsnc12. The van der Waals surface area contributed by atoms with Gasteiger partial charge in [-0.15, -0.1) is 0 Å². The van der Waals surface area contributed by atoms with Gasteiger partial charge in [-0.25, -0.2) is 0 Å². The topological polar surface area (TPSA) is 66.9 Å². The Bertz CT molecular complexity index is 615. The van der Waals surface area contributed by atoms with Gasteiger partial charge in [0.25, 0.3) is 0 Å². The predicted molar refractivity (Wildman–Crippen MR) is 83.4 cm³/mol. The largest absolute Gasteiger partial charge is 0.371 e. The normalized spacial score (nSPS) is 14.0. The molecule has 1 heterocycles. The maximum absolute atomic E-state index is 12.1. The molecule has 1 amide bonds. The number of nitrogens with one attached hydrogen (secondary N) is 2. The minimum atomic E-state index is -0.395. The molecule has 1 aromatic carbocycles. The Labute approximate surface area is 127 Å². The molecule has 0 radical (unpaired) electrons. The summed E-state index contributed by atoms with van der Waals surface area (Å²) < 4.78 is 8.39. The molecule has 0 fully saturated rings. The van der Waals surface area contributed by atoms with Gasteiger partial charge in [-0.1, -0.05) is 18.5 Å². The number of hydrogen-bond acceptors (Lipinski definition) is 5. The van der Waals surface area contributed by atoms with Crippen molar-refractivity contribution in [2.75, 3.05) is 5.32 Å². The van der Waals surface area contributed by atoms with Crippen LogP contribution in [0.5, 0.6) is 0 Å². The van der Waals surface area contributed by atoms with Crippen molar-refractivity contribution in [3.63, 3.8) is 0 Å². The van der Waals surface area contributed by atoms with Crippen LogP contribution in [0.2, 0.25) is 5.02 Å². The second-order valence-electron chi connectivity index (χ2n) is 4.74. The highest BCUT2D eigenvalue weighted by atomic mass is 35.5. The first-order chi connectivity index (χ1) is 9.52. The van der Waals surface area contributed by atoms with Crippen molar-refractivity contribution < 1.29 is 4.79 Å². The van der Waals surface area contributed by atoms with E-state index in [2.05, 4.69) is 19.4 Å². The van der Waals surface area contributed by atoms with Gasteiger partial charge in [-0.05, 0) is 32.4 Å². The van der Waals surface area contributed by atoms with Crippen LogP contribution in [0.3, 0.4) is 0 Å². The van der Waals surface area contributed by atoms with Crippen molar-refractivity contribution in [3.8, 4) is 0 Å². The number of carbonyl (C=O) groups excluding carboxylic acids is 1. The summed E-state index contributed by atoms with van der Waals surface area (Å²) in [5.41, 5.74) is 2.13. The number of halogens is 1. The minimum absolute atomic E-state index is 0.0596. The number of rotatable bonds is 5. The molecule has 108 valence electrons. The third kappa shape index (κ3) is 3.19. The predicted octanol–water partition coefficient (Wildman–Crippen LogP) is 3.06. The lowest BCUT2D eigenvalue weighted by Gasteiger charge is -2.19. The van der Waals surface area contributed by atoms with Crippen LogP contribution in [0, 0.1) is 0 Å². The van der Waals surface area contributed by atoms with Crippen molar-refractivity contribution in [2.45, 2.75) is 39.3 Å². The highest BCUT2D eigenvalue weighted by Crippen LogP contribution is 2.30. The second-order valence-corrected chi connectivity index (χ2v) is 5.67. The van der Waals surface area contributed by atoms with Gasteiger partial charge >= 0.3 is 0 Å². The number of hydrogen-bond donors (Lipinski definition) is 2. The van der Waals surface area contributed by atoms with Crippen molar-refractivity contribution in [2.24, 2.45) is 0 Å². The molecule has 2 unspecified atom stereocenters. The first kappa shape index (κ1) is 15.0. The van der Waals surface area contributed by atoms with Gasteiger partial charge in [0.1, 0.15) is 17.1 Å². The maximum atomic E-state index is 12.1. The van der Waals surface area contributed by atoms with Gasteiger partial charge in [-0.2, -0.15) is 8.75 Å². The molecule has 0 aliphatic heterocycles. The van der Waals surface area contributed by atoms with Gasteiger partial charge in [0.2, 0.25) is 5.91 Å². The quantitative estimate of drug-likeness (QED) is 0.890. The van der Waals surface area contributed by atoms with E-state index in [1.165, 1.54) is 0 Å². The molecule has 2 rings (SSSR count). The van der Waals surface area contributed by atoms with Crippen molar-refractivity contribution in [1.82, 2.24) is 14.1 Å². The van der Waals surface area contributed by atoms with Crippen molar-refractivity contribution in [3.05, 3.63) is 17.2 Å². The summed E-state index contributed by atoms with van der Waals surface area (Å²) in [4.78, 5) is 12.1. The van der Waals surface area contributed by atoms with E-state index in [1.54, 1.807) is 13.0 Å². The number of amides is 1. The molecule has 0 spiro atoms. The average Bonchev–Trinajstić information content (AvgIpc) is 2.90. The monoisotopic (exact) mass is 312 g/mol. The number of anilines is 1. The first-order valence-corrected chi connectivity index (χ1v) is 7.61. The second kappa shape index (κ2) is 6.37. The van der Waals surface area contributed by atoms with E-state index in [0.717, 1.165) is 23.7 Å². The van der Waals surface area contributed by atoms with Crippen LogP contribution >= 0.6 is 23.3 Å². The van der Waals surface area contributed by atoms with Crippen LogP contribution in [0.25, 0.3) is 11.0 Å². The van der Waals surface area contributed by atoms with E-state index < -0.39 is 6.04 Å². The van der Waals surface area contributed by atoms with E-state index in [0.29, 0.717) is 16.2 Å². The zero-order valence-electron chi connectivity index (χ0n) is 11.6. The lowest BCUT2D eigenvalue weighted by Crippen LogP contribution is -2.41. The van der Waals surface area contributed by atoms with Gasteiger partial charge in [0.05, 0.1) is 22.4 Å². The standard InChI is InChI=1S/C13H17ClN4OS/c1-4-7(2)15-13(19)8(3)16-11-9(14)5-6-10-12(11)18-20-17-10/h5-8,16H,4H2,1-3H3,(H,15,19). The van der Waals surface area contributed by atoms with E-state index in [4.69, 9.17) is 11.6 Å². The Morgan fingerprint density at radius 2 is 2.15 bits per heavy atom. The Morgan fingerprint density at radius 3 is 2.85 bits per heavy atom. The van der Waals surface area contributed by atoms with Crippen LogP contribution in [0.4, 0.5) is 5.69 Å². The molecule has 2 aromatic rings. The molecule has 0 aliphatic rings. The molecule has 7 heteroatoms. The Balaban J connectivity index is 2.17. The van der Waals surface area contributed by atoms with E-state index >= 15 is 0 Å². The molecular weight excluding hydrogens is 296 g/mol. The fourth-order valence-electron chi connectivity index (χ4n) is 1.72. The summed E-state index contributed by atoms with van der Waals surface area (Å²) >= 11 is 7.31. The average molecular weight is 313 g/mol. The Kier molecular flexibility index (Phi) is 4.77. The molecule has 2 atom stereocenters. The fourth-order valence-corrected chi connectivity index (χ4v) is 2.47. The Morgan fingerprint density at radius 1 is 1.40 bits per heavy atom. The van der Waals surface area contributed by atoms with Crippen LogP contribution < -0.4 is 10.6 Å². The molecule has 5 nitrogen and oxygen atoms in total. The molecule has 1 aromatic heterocycles. The molecular formula is C13H17ClN4OS. The van der Waals surface area contributed by atoms with Crippen molar-refractivity contribution >= 4 is 46.0 Å². The fraction of sp³-hybridized carbons (Fsp3) is 0.462. The number of fused-ring (bicyclic) bond motifs is 1. The molecule has 20 heavy (non-hydrogen) atoms.